The van der Waals surface area contributed by atoms with Crippen molar-refractivity contribution in [2.45, 2.75) is 89.3 Å². The number of primary amides is 1. The van der Waals surface area contributed by atoms with Gasteiger partial charge in [-0.15, -0.1) is 5.10 Å². The smallest absolute Gasteiger partial charge is 0.405 e. The van der Waals surface area contributed by atoms with Gasteiger partial charge >= 0.3 is 6.09 Å². The summed E-state index contributed by atoms with van der Waals surface area (Å²) < 4.78 is 31.8. The number of ether oxygens (including phenoxy) is 2. The van der Waals surface area contributed by atoms with Gasteiger partial charge in [-0.3, -0.25) is 0 Å². The lowest BCUT2D eigenvalue weighted by Gasteiger charge is -2.67. The highest BCUT2D eigenvalue weighted by Gasteiger charge is 2.69. The number of hydrogen-bond acceptors (Lipinski definition) is 8. The first-order valence-corrected chi connectivity index (χ1v) is 17.2. The molecule has 258 valence electrons. The van der Waals surface area contributed by atoms with E-state index in [1.807, 2.05) is 66.4 Å². The molecule has 1 amide bonds. The van der Waals surface area contributed by atoms with Gasteiger partial charge in [0, 0.05) is 55.7 Å². The van der Waals surface area contributed by atoms with Crippen LogP contribution in [0.4, 0.5) is 14.9 Å². The van der Waals surface area contributed by atoms with E-state index in [1.54, 1.807) is 0 Å². The zero-order valence-corrected chi connectivity index (χ0v) is 28.6. The number of pyridine rings is 1. The molecule has 5 heterocycles. The minimum Gasteiger partial charge on any atom is -0.443 e. The number of amides is 1. The predicted molar refractivity (Wildman–Crippen MR) is 183 cm³/mol. The number of rotatable bonds is 11. The average Bonchev–Trinajstić information content (AvgIpc) is 3.77. The minimum atomic E-state index is -0.980. The normalized spacial score (nSPS) is 24.1. The molecule has 2 bridgehead atoms. The van der Waals surface area contributed by atoms with Gasteiger partial charge in [-0.25, -0.2) is 23.5 Å². The fraction of sp³-hybridized carbons (Fsp3) is 0.528. The molecule has 12 nitrogen and oxygen atoms in total. The van der Waals surface area contributed by atoms with Gasteiger partial charge in [-0.05, 0) is 94.4 Å². The fourth-order valence-corrected chi connectivity index (χ4v) is 8.49. The van der Waals surface area contributed by atoms with E-state index in [0.717, 1.165) is 77.0 Å². The number of aromatic nitrogens is 7. The van der Waals surface area contributed by atoms with Crippen LogP contribution >= 0.6 is 0 Å². The summed E-state index contributed by atoms with van der Waals surface area (Å²) in [6.07, 6.45) is 13.5. The van der Waals surface area contributed by atoms with Gasteiger partial charge in [-0.1, -0.05) is 11.3 Å². The standard InChI is InChI=1S/C36H44FN9O3/c1-34(2,49-33(38)47)24(14-35-20-36(37,21-35)22-35)11-23-8-9-31-40-25(17-44(31)16-23)18-45-19-29(41-42-45)27-12-26(43(3)4)13-30-28(27)15-39-46(30)32-7-5-6-10-48-32/h8-9,12-13,15-17,19,24,32H,5-7,10-11,14,18,20-22H2,1-4H3,(H2,38,47). The van der Waals surface area contributed by atoms with Crippen LogP contribution in [0.1, 0.15) is 76.3 Å². The molecular weight excluding hydrogens is 625 g/mol. The molecule has 13 heteroatoms. The lowest BCUT2D eigenvalue weighted by atomic mass is 9.40. The number of imidazole rings is 1. The summed E-state index contributed by atoms with van der Waals surface area (Å²) >= 11 is 0. The number of fused-ring (bicyclic) bond motifs is 2. The number of halogens is 1. The number of nitrogens with two attached hydrogens (primary N) is 1. The molecule has 2 atom stereocenters. The van der Waals surface area contributed by atoms with Gasteiger partial charge < -0.3 is 24.5 Å². The zero-order valence-electron chi connectivity index (χ0n) is 28.6. The summed E-state index contributed by atoms with van der Waals surface area (Å²) in [6, 6.07) is 8.35. The Hall–Kier alpha value is -4.52. The van der Waals surface area contributed by atoms with Crippen LogP contribution in [0.5, 0.6) is 0 Å². The monoisotopic (exact) mass is 669 g/mol. The molecule has 2 N–H and O–H groups in total. The Labute approximate surface area is 284 Å². The van der Waals surface area contributed by atoms with E-state index in [4.69, 9.17) is 25.3 Å². The summed E-state index contributed by atoms with van der Waals surface area (Å²) in [7, 11) is 4.06. The molecule has 2 unspecified atom stereocenters. The minimum absolute atomic E-state index is 0.00443. The molecule has 1 saturated heterocycles. The van der Waals surface area contributed by atoms with Crippen molar-refractivity contribution in [3.8, 4) is 11.3 Å². The third-order valence-electron chi connectivity index (χ3n) is 10.9. The summed E-state index contributed by atoms with van der Waals surface area (Å²) in [5.41, 5.74) is 10.2. The maximum atomic E-state index is 14.4. The fourth-order valence-electron chi connectivity index (χ4n) is 8.49. The SMILES string of the molecule is CN(C)c1cc(-c2cn(Cc3cn4cc(CC(CC56CC(F)(C5)C6)C(C)(C)OC(N)=O)ccc4n3)nn2)c2cnn(C3CCCCO3)c2c1. The highest BCUT2D eigenvalue weighted by atomic mass is 19.1. The van der Waals surface area contributed by atoms with E-state index in [1.165, 1.54) is 0 Å². The first kappa shape index (κ1) is 31.7. The molecule has 9 rings (SSSR count). The van der Waals surface area contributed by atoms with Crippen LogP contribution < -0.4 is 10.6 Å². The average molecular weight is 670 g/mol. The Bertz CT molecular complexity index is 2020. The van der Waals surface area contributed by atoms with E-state index >= 15 is 0 Å². The van der Waals surface area contributed by atoms with E-state index in [9.17, 15) is 9.18 Å². The molecule has 1 aromatic carbocycles. The zero-order chi connectivity index (χ0) is 34.1. The lowest BCUT2D eigenvalue weighted by molar-refractivity contribution is -0.228. The van der Waals surface area contributed by atoms with Gasteiger partial charge in [0.05, 0.1) is 30.1 Å². The second-order valence-electron chi connectivity index (χ2n) is 15.4. The summed E-state index contributed by atoms with van der Waals surface area (Å²) in [5, 5.41) is 14.8. The Morgan fingerprint density at radius 2 is 2.00 bits per heavy atom. The number of anilines is 1. The van der Waals surface area contributed by atoms with E-state index < -0.39 is 17.4 Å². The summed E-state index contributed by atoms with van der Waals surface area (Å²) in [5.74, 6) is -0.0152. The molecule has 1 aliphatic heterocycles. The van der Waals surface area contributed by atoms with E-state index in [2.05, 4.69) is 39.6 Å². The number of carbonyl (C=O) groups is 1. The van der Waals surface area contributed by atoms with E-state index in [0.29, 0.717) is 32.2 Å². The summed E-state index contributed by atoms with van der Waals surface area (Å²) in [6.45, 7) is 5.00. The highest BCUT2D eigenvalue weighted by Crippen LogP contribution is 2.72. The largest absolute Gasteiger partial charge is 0.443 e. The van der Waals surface area contributed by atoms with Crippen molar-refractivity contribution >= 4 is 28.3 Å². The first-order chi connectivity index (χ1) is 23.4. The first-order valence-electron chi connectivity index (χ1n) is 17.2. The third kappa shape index (κ3) is 5.91. The lowest BCUT2D eigenvalue weighted by Crippen LogP contribution is -2.65. The maximum Gasteiger partial charge on any atom is 0.405 e. The molecule has 5 aromatic rings. The Kier molecular flexibility index (Phi) is 7.47. The summed E-state index contributed by atoms with van der Waals surface area (Å²) in [4.78, 5) is 18.7. The van der Waals surface area contributed by atoms with Crippen molar-refractivity contribution in [1.29, 1.82) is 0 Å². The maximum absolute atomic E-state index is 14.4. The molecule has 4 aromatic heterocycles. The van der Waals surface area contributed by atoms with Gasteiger partial charge in [0.2, 0.25) is 0 Å². The number of carbonyl (C=O) groups excluding carboxylic acids is 1. The quantitative estimate of drug-likeness (QED) is 0.179. The Balaban J connectivity index is 1.02. The third-order valence-corrected chi connectivity index (χ3v) is 10.9. The van der Waals surface area contributed by atoms with Crippen molar-refractivity contribution in [2.24, 2.45) is 17.1 Å². The van der Waals surface area contributed by atoms with Gasteiger partial charge in [-0.2, -0.15) is 5.10 Å². The molecule has 3 saturated carbocycles. The molecular formula is C36H44FN9O3. The highest BCUT2D eigenvalue weighted by molar-refractivity contribution is 5.96. The van der Waals surface area contributed by atoms with Crippen molar-refractivity contribution in [2.75, 3.05) is 25.6 Å². The molecule has 0 radical (unpaired) electrons. The Morgan fingerprint density at radius 1 is 1.18 bits per heavy atom. The van der Waals surface area contributed by atoms with Crippen molar-refractivity contribution < 1.29 is 18.7 Å². The number of benzene rings is 1. The van der Waals surface area contributed by atoms with Crippen molar-refractivity contribution in [3.05, 3.63) is 60.3 Å². The van der Waals surface area contributed by atoms with Crippen LogP contribution in [-0.4, -0.2) is 72.2 Å². The molecule has 49 heavy (non-hydrogen) atoms. The van der Waals surface area contributed by atoms with Gasteiger partial charge in [0.25, 0.3) is 0 Å². The van der Waals surface area contributed by atoms with Gasteiger partial charge in [0.1, 0.15) is 22.6 Å². The molecule has 0 spiro atoms. The second kappa shape index (κ2) is 11.5. The molecule has 3 aliphatic carbocycles. The molecule has 4 fully saturated rings. The molecule has 4 aliphatic rings. The van der Waals surface area contributed by atoms with Gasteiger partial charge in [0.15, 0.2) is 6.23 Å². The van der Waals surface area contributed by atoms with Crippen LogP contribution in [0.25, 0.3) is 27.8 Å². The van der Waals surface area contributed by atoms with Crippen LogP contribution in [0.3, 0.4) is 0 Å². The number of alkyl halides is 1. The topological polar surface area (TPSA) is 131 Å². The number of hydrogen-bond donors (Lipinski definition) is 1. The van der Waals surface area contributed by atoms with Crippen LogP contribution in [0.15, 0.2) is 49.1 Å². The van der Waals surface area contributed by atoms with E-state index in [-0.39, 0.29) is 17.6 Å². The van der Waals surface area contributed by atoms with Crippen LogP contribution in [0, 0.1) is 11.3 Å². The number of nitrogens with zero attached hydrogens (tertiary/aromatic N) is 8. The van der Waals surface area contributed by atoms with Crippen LogP contribution in [0.2, 0.25) is 0 Å². The predicted octanol–water partition coefficient (Wildman–Crippen LogP) is 6.07. The van der Waals surface area contributed by atoms with Crippen LogP contribution in [-0.2, 0) is 22.4 Å². The van der Waals surface area contributed by atoms with Crippen molar-refractivity contribution in [3.63, 3.8) is 0 Å². The van der Waals surface area contributed by atoms with Crippen molar-refractivity contribution in [1.82, 2.24) is 34.2 Å². The Morgan fingerprint density at radius 3 is 2.71 bits per heavy atom. The second-order valence-corrected chi connectivity index (χ2v) is 15.4.